The number of anilines is 1. The lowest BCUT2D eigenvalue weighted by molar-refractivity contribution is 1.10. The van der Waals surface area contributed by atoms with Gasteiger partial charge >= 0.3 is 0 Å². The average molecular weight is 255 g/mol. The predicted octanol–water partition coefficient (Wildman–Crippen LogP) is 3.50. The van der Waals surface area contributed by atoms with Gasteiger partial charge in [-0.05, 0) is 24.6 Å². The summed E-state index contributed by atoms with van der Waals surface area (Å²) in [6.45, 7) is 2.09. The Morgan fingerprint density at radius 3 is 2.94 bits per heavy atom. The van der Waals surface area contributed by atoms with E-state index in [1.807, 2.05) is 18.2 Å². The van der Waals surface area contributed by atoms with Gasteiger partial charge in [-0.15, -0.1) is 11.3 Å². The van der Waals surface area contributed by atoms with Gasteiger partial charge in [0.25, 0.3) is 0 Å². The van der Waals surface area contributed by atoms with Crippen LogP contribution in [0.1, 0.15) is 11.9 Å². The molecule has 90 valence electrons. The van der Waals surface area contributed by atoms with Crippen molar-refractivity contribution < 1.29 is 0 Å². The van der Waals surface area contributed by atoms with E-state index >= 15 is 0 Å². The number of aryl methyl sites for hydroxylation is 1. The van der Waals surface area contributed by atoms with Crippen LogP contribution >= 0.6 is 11.3 Å². The molecular weight excluding hydrogens is 242 g/mol. The van der Waals surface area contributed by atoms with Crippen molar-refractivity contribution in [2.24, 2.45) is 0 Å². The van der Waals surface area contributed by atoms with E-state index in [2.05, 4.69) is 29.0 Å². The van der Waals surface area contributed by atoms with E-state index in [-0.39, 0.29) is 0 Å². The molecule has 0 aliphatic rings. The lowest BCUT2D eigenvalue weighted by atomic mass is 10.1. The molecule has 0 aliphatic carbocycles. The van der Waals surface area contributed by atoms with Crippen molar-refractivity contribution in [3.8, 4) is 11.3 Å². The Labute approximate surface area is 109 Å². The van der Waals surface area contributed by atoms with Gasteiger partial charge in [0.2, 0.25) is 0 Å². The molecule has 0 unspecified atom stereocenters. The SMILES string of the molecule is CCc1nc(-c2ccc3ncccc3c2)c(N)s1. The first kappa shape index (κ1) is 11.2. The zero-order valence-electron chi connectivity index (χ0n) is 10.1. The van der Waals surface area contributed by atoms with Crippen molar-refractivity contribution in [2.45, 2.75) is 13.3 Å². The highest BCUT2D eigenvalue weighted by Crippen LogP contribution is 2.32. The summed E-state index contributed by atoms with van der Waals surface area (Å²) in [5.74, 6) is 0. The number of aromatic nitrogens is 2. The minimum absolute atomic E-state index is 0.787. The van der Waals surface area contributed by atoms with Crippen molar-refractivity contribution in [1.82, 2.24) is 9.97 Å². The smallest absolute Gasteiger partial charge is 0.114 e. The van der Waals surface area contributed by atoms with Gasteiger partial charge < -0.3 is 5.73 Å². The van der Waals surface area contributed by atoms with E-state index in [0.717, 1.165) is 38.6 Å². The second-order valence-corrected chi connectivity index (χ2v) is 5.20. The highest BCUT2D eigenvalue weighted by Gasteiger charge is 2.10. The normalized spacial score (nSPS) is 10.9. The Balaban J connectivity index is 2.15. The quantitative estimate of drug-likeness (QED) is 0.762. The highest BCUT2D eigenvalue weighted by molar-refractivity contribution is 7.16. The van der Waals surface area contributed by atoms with Gasteiger partial charge in [0.15, 0.2) is 0 Å². The Morgan fingerprint density at radius 2 is 2.17 bits per heavy atom. The summed E-state index contributed by atoms with van der Waals surface area (Å²) in [4.78, 5) is 8.89. The van der Waals surface area contributed by atoms with Gasteiger partial charge in [0.1, 0.15) is 10.7 Å². The van der Waals surface area contributed by atoms with Gasteiger partial charge in [0.05, 0.1) is 10.5 Å². The number of fused-ring (bicyclic) bond motifs is 1. The molecule has 2 N–H and O–H groups in total. The summed E-state index contributed by atoms with van der Waals surface area (Å²) in [6.07, 6.45) is 2.72. The van der Waals surface area contributed by atoms with Crippen LogP contribution in [-0.4, -0.2) is 9.97 Å². The molecule has 0 atom stereocenters. The first-order chi connectivity index (χ1) is 8.78. The molecule has 2 heterocycles. The lowest BCUT2D eigenvalue weighted by Gasteiger charge is -2.01. The fraction of sp³-hybridized carbons (Fsp3) is 0.143. The fourth-order valence-electron chi connectivity index (χ4n) is 1.96. The standard InChI is InChI=1S/C14H13N3S/c1-2-12-17-13(14(15)18-12)10-5-6-11-9(8-10)4-3-7-16-11/h3-8H,2,15H2,1H3. The van der Waals surface area contributed by atoms with Crippen molar-refractivity contribution in [1.29, 1.82) is 0 Å². The number of rotatable bonds is 2. The molecule has 3 aromatic rings. The van der Waals surface area contributed by atoms with Gasteiger partial charge in [-0.25, -0.2) is 4.98 Å². The Kier molecular flexibility index (Phi) is 2.72. The molecule has 0 radical (unpaired) electrons. The zero-order chi connectivity index (χ0) is 12.5. The third kappa shape index (κ3) is 1.84. The van der Waals surface area contributed by atoms with E-state index < -0.39 is 0 Å². The molecule has 3 rings (SSSR count). The predicted molar refractivity (Wildman–Crippen MR) is 76.6 cm³/mol. The summed E-state index contributed by atoms with van der Waals surface area (Å²) >= 11 is 1.57. The molecule has 18 heavy (non-hydrogen) atoms. The van der Waals surface area contributed by atoms with Gasteiger partial charge in [0, 0.05) is 17.1 Å². The largest absolute Gasteiger partial charge is 0.389 e. The number of pyridine rings is 1. The molecule has 0 fully saturated rings. The summed E-state index contributed by atoms with van der Waals surface area (Å²) in [5, 5.41) is 2.98. The van der Waals surface area contributed by atoms with E-state index in [4.69, 9.17) is 5.73 Å². The summed E-state index contributed by atoms with van der Waals surface area (Å²) < 4.78 is 0. The highest BCUT2D eigenvalue weighted by atomic mass is 32.1. The zero-order valence-corrected chi connectivity index (χ0v) is 10.9. The number of thiazole rings is 1. The molecule has 3 nitrogen and oxygen atoms in total. The molecule has 0 amide bonds. The van der Waals surface area contributed by atoms with Crippen LogP contribution in [0.5, 0.6) is 0 Å². The maximum atomic E-state index is 6.03. The average Bonchev–Trinajstić information content (AvgIpc) is 2.79. The summed E-state index contributed by atoms with van der Waals surface area (Å²) in [5.41, 5.74) is 8.98. The summed E-state index contributed by atoms with van der Waals surface area (Å²) in [7, 11) is 0. The van der Waals surface area contributed by atoms with Crippen LogP contribution in [0.3, 0.4) is 0 Å². The van der Waals surface area contributed by atoms with Crippen LogP contribution in [-0.2, 0) is 6.42 Å². The van der Waals surface area contributed by atoms with Crippen LogP contribution in [0.15, 0.2) is 36.5 Å². The number of nitrogen functional groups attached to an aromatic ring is 1. The van der Waals surface area contributed by atoms with Gasteiger partial charge in [-0.2, -0.15) is 0 Å². The molecule has 0 saturated carbocycles. The Bertz CT molecular complexity index is 703. The molecule has 2 aromatic heterocycles. The number of nitrogens with zero attached hydrogens (tertiary/aromatic N) is 2. The van der Waals surface area contributed by atoms with E-state index in [1.165, 1.54) is 0 Å². The Morgan fingerprint density at radius 1 is 1.28 bits per heavy atom. The third-order valence-electron chi connectivity index (χ3n) is 2.88. The van der Waals surface area contributed by atoms with E-state index in [9.17, 15) is 0 Å². The van der Waals surface area contributed by atoms with Crippen LogP contribution in [0.2, 0.25) is 0 Å². The minimum Gasteiger partial charge on any atom is -0.389 e. The number of benzene rings is 1. The maximum absolute atomic E-state index is 6.03. The molecule has 0 bridgehead atoms. The number of nitrogens with two attached hydrogens (primary N) is 1. The van der Waals surface area contributed by atoms with E-state index in [1.54, 1.807) is 17.5 Å². The fourth-order valence-corrected chi connectivity index (χ4v) is 2.75. The van der Waals surface area contributed by atoms with Crippen LogP contribution in [0.4, 0.5) is 5.00 Å². The molecule has 0 aliphatic heterocycles. The first-order valence-electron chi connectivity index (χ1n) is 5.88. The van der Waals surface area contributed by atoms with Gasteiger partial charge in [-0.3, -0.25) is 4.98 Å². The van der Waals surface area contributed by atoms with E-state index in [0.29, 0.717) is 0 Å². The molecule has 1 aromatic carbocycles. The van der Waals surface area contributed by atoms with Crippen molar-refractivity contribution in [3.63, 3.8) is 0 Å². The van der Waals surface area contributed by atoms with Crippen LogP contribution in [0.25, 0.3) is 22.2 Å². The monoisotopic (exact) mass is 255 g/mol. The first-order valence-corrected chi connectivity index (χ1v) is 6.70. The second kappa shape index (κ2) is 4.38. The number of hydrogen-bond acceptors (Lipinski definition) is 4. The van der Waals surface area contributed by atoms with Crippen molar-refractivity contribution in [2.75, 3.05) is 5.73 Å². The number of hydrogen-bond donors (Lipinski definition) is 1. The second-order valence-electron chi connectivity index (χ2n) is 4.08. The topological polar surface area (TPSA) is 51.8 Å². The molecule has 4 heteroatoms. The minimum atomic E-state index is 0.787. The van der Waals surface area contributed by atoms with Crippen molar-refractivity contribution in [3.05, 3.63) is 41.5 Å². The van der Waals surface area contributed by atoms with Crippen LogP contribution < -0.4 is 5.73 Å². The molecule has 0 saturated heterocycles. The lowest BCUT2D eigenvalue weighted by Crippen LogP contribution is -1.87. The molecule has 0 spiro atoms. The van der Waals surface area contributed by atoms with Gasteiger partial charge in [-0.1, -0.05) is 19.1 Å². The molecular formula is C14H13N3S. The van der Waals surface area contributed by atoms with Crippen molar-refractivity contribution >= 4 is 27.2 Å². The van der Waals surface area contributed by atoms with Crippen LogP contribution in [0, 0.1) is 0 Å². The third-order valence-corrected chi connectivity index (χ3v) is 3.91. The summed E-state index contributed by atoms with van der Waals surface area (Å²) in [6, 6.07) is 10.1. The Hall–Kier alpha value is -1.94. The maximum Gasteiger partial charge on any atom is 0.114 e.